The van der Waals surface area contributed by atoms with Gasteiger partial charge in [0, 0.05) is 16.1 Å². The van der Waals surface area contributed by atoms with Crippen molar-refractivity contribution in [1.29, 1.82) is 0 Å². The smallest absolute Gasteiger partial charge is 0.260 e. The maximum atomic E-state index is 12.1. The van der Waals surface area contributed by atoms with Crippen LogP contribution < -0.4 is 10.1 Å². The Balaban J connectivity index is 2.78. The van der Waals surface area contributed by atoms with Gasteiger partial charge in [-0.2, -0.15) is 0 Å². The average Bonchev–Trinajstić information content (AvgIpc) is 2.45. The first kappa shape index (κ1) is 18.0. The lowest BCUT2D eigenvalue weighted by Gasteiger charge is -2.21. The average molecular weight is 358 g/mol. The SMILES string of the molecule is CCC(CC)NC(=O)C(C)Oc1ccc(Br)cc1[C@@H](C)O. The van der Waals surface area contributed by atoms with Crippen LogP contribution in [0.3, 0.4) is 0 Å². The van der Waals surface area contributed by atoms with Gasteiger partial charge in [0.25, 0.3) is 5.91 Å². The highest BCUT2D eigenvalue weighted by Crippen LogP contribution is 2.29. The first-order valence-corrected chi connectivity index (χ1v) is 8.12. The summed E-state index contributed by atoms with van der Waals surface area (Å²) in [7, 11) is 0. The molecule has 1 unspecified atom stereocenters. The number of nitrogens with one attached hydrogen (secondary N) is 1. The van der Waals surface area contributed by atoms with Gasteiger partial charge in [-0.3, -0.25) is 4.79 Å². The molecule has 0 aromatic heterocycles. The molecule has 0 radical (unpaired) electrons. The quantitative estimate of drug-likeness (QED) is 0.783. The lowest BCUT2D eigenvalue weighted by atomic mass is 10.1. The molecule has 118 valence electrons. The highest BCUT2D eigenvalue weighted by molar-refractivity contribution is 9.10. The van der Waals surface area contributed by atoms with Crippen LogP contribution in [0.5, 0.6) is 5.75 Å². The number of rotatable bonds is 7. The minimum absolute atomic E-state index is 0.136. The zero-order chi connectivity index (χ0) is 16.0. The molecule has 21 heavy (non-hydrogen) atoms. The van der Waals surface area contributed by atoms with Crippen LogP contribution >= 0.6 is 15.9 Å². The summed E-state index contributed by atoms with van der Waals surface area (Å²) in [5.74, 6) is 0.392. The Bertz CT molecular complexity index is 473. The van der Waals surface area contributed by atoms with Crippen molar-refractivity contribution in [2.24, 2.45) is 0 Å². The Morgan fingerprint density at radius 3 is 2.48 bits per heavy atom. The highest BCUT2D eigenvalue weighted by Gasteiger charge is 2.19. The van der Waals surface area contributed by atoms with E-state index in [4.69, 9.17) is 4.74 Å². The van der Waals surface area contributed by atoms with Gasteiger partial charge in [-0.05, 0) is 44.9 Å². The summed E-state index contributed by atoms with van der Waals surface area (Å²) in [4.78, 5) is 12.1. The van der Waals surface area contributed by atoms with Crippen LogP contribution in [0, 0.1) is 0 Å². The molecular formula is C16H24BrNO3. The molecule has 0 aliphatic heterocycles. The Hall–Kier alpha value is -1.07. The Kier molecular flexibility index (Phi) is 7.18. The van der Waals surface area contributed by atoms with Gasteiger partial charge in [0.2, 0.25) is 0 Å². The molecule has 0 aliphatic carbocycles. The molecule has 5 heteroatoms. The van der Waals surface area contributed by atoms with E-state index in [1.165, 1.54) is 0 Å². The second-order valence-corrected chi connectivity index (χ2v) is 6.06. The molecule has 2 N–H and O–H groups in total. The summed E-state index contributed by atoms with van der Waals surface area (Å²) in [5, 5.41) is 12.8. The second-order valence-electron chi connectivity index (χ2n) is 5.14. The van der Waals surface area contributed by atoms with Crippen LogP contribution in [0.25, 0.3) is 0 Å². The topological polar surface area (TPSA) is 58.6 Å². The third-order valence-corrected chi connectivity index (χ3v) is 3.92. The van der Waals surface area contributed by atoms with Crippen molar-refractivity contribution >= 4 is 21.8 Å². The predicted molar refractivity (Wildman–Crippen MR) is 87.4 cm³/mol. The molecular weight excluding hydrogens is 334 g/mol. The van der Waals surface area contributed by atoms with E-state index in [0.29, 0.717) is 11.3 Å². The molecule has 0 saturated heterocycles. The third kappa shape index (κ3) is 5.32. The van der Waals surface area contributed by atoms with Crippen LogP contribution in [0.1, 0.15) is 52.2 Å². The van der Waals surface area contributed by atoms with Gasteiger partial charge in [0.15, 0.2) is 6.10 Å². The van der Waals surface area contributed by atoms with Crippen molar-refractivity contribution in [2.45, 2.75) is 58.8 Å². The van der Waals surface area contributed by atoms with Crippen molar-refractivity contribution < 1.29 is 14.6 Å². The number of benzene rings is 1. The van der Waals surface area contributed by atoms with E-state index in [9.17, 15) is 9.90 Å². The summed E-state index contributed by atoms with van der Waals surface area (Å²) >= 11 is 3.37. The normalized spacial score (nSPS) is 13.9. The van der Waals surface area contributed by atoms with Crippen LogP contribution in [0.2, 0.25) is 0 Å². The van der Waals surface area contributed by atoms with Crippen molar-refractivity contribution in [3.05, 3.63) is 28.2 Å². The van der Waals surface area contributed by atoms with E-state index < -0.39 is 12.2 Å². The summed E-state index contributed by atoms with van der Waals surface area (Å²) in [6.07, 6.45) is 0.522. The largest absolute Gasteiger partial charge is 0.481 e. The van der Waals surface area contributed by atoms with E-state index >= 15 is 0 Å². The molecule has 0 bridgehead atoms. The predicted octanol–water partition coefficient (Wildman–Crippen LogP) is 3.57. The number of hydrogen-bond acceptors (Lipinski definition) is 3. The molecule has 1 aromatic carbocycles. The second kappa shape index (κ2) is 8.39. The number of carbonyl (C=O) groups excluding carboxylic acids is 1. The Morgan fingerprint density at radius 2 is 1.95 bits per heavy atom. The van der Waals surface area contributed by atoms with E-state index in [0.717, 1.165) is 17.3 Å². The zero-order valence-corrected chi connectivity index (χ0v) is 14.6. The standard InChI is InChI=1S/C16H24BrNO3/c1-5-13(6-2)18-16(20)11(4)21-15-8-7-12(17)9-14(15)10(3)19/h7-11,13,19H,5-6H2,1-4H3,(H,18,20)/t10-,11?/m1/s1. The number of halogens is 1. The Labute approximate surface area is 135 Å². The third-order valence-electron chi connectivity index (χ3n) is 3.43. The zero-order valence-electron chi connectivity index (χ0n) is 13.0. The fourth-order valence-corrected chi connectivity index (χ4v) is 2.39. The van der Waals surface area contributed by atoms with E-state index in [1.54, 1.807) is 26.0 Å². The summed E-state index contributed by atoms with van der Waals surface area (Å²) in [6, 6.07) is 5.55. The van der Waals surface area contributed by atoms with Gasteiger partial charge in [-0.1, -0.05) is 29.8 Å². The van der Waals surface area contributed by atoms with Crippen LogP contribution in [-0.4, -0.2) is 23.2 Å². The molecule has 0 aliphatic rings. The fourth-order valence-electron chi connectivity index (χ4n) is 2.01. The fraction of sp³-hybridized carbons (Fsp3) is 0.562. The van der Waals surface area contributed by atoms with Gasteiger partial charge in [-0.15, -0.1) is 0 Å². The maximum Gasteiger partial charge on any atom is 0.260 e. The molecule has 1 aromatic rings. The molecule has 1 rings (SSSR count). The summed E-state index contributed by atoms with van der Waals surface area (Å²) in [5.41, 5.74) is 0.659. The number of aliphatic hydroxyl groups is 1. The number of amides is 1. The van der Waals surface area contributed by atoms with Crippen molar-refractivity contribution in [2.75, 3.05) is 0 Å². The summed E-state index contributed by atoms with van der Waals surface area (Å²) < 4.78 is 6.58. The summed E-state index contributed by atoms with van der Waals surface area (Å²) in [6.45, 7) is 7.47. The number of carbonyl (C=O) groups is 1. The lowest BCUT2D eigenvalue weighted by Crippen LogP contribution is -2.42. The van der Waals surface area contributed by atoms with Gasteiger partial charge in [-0.25, -0.2) is 0 Å². The molecule has 4 nitrogen and oxygen atoms in total. The van der Waals surface area contributed by atoms with Gasteiger partial charge in [0.05, 0.1) is 6.10 Å². The Morgan fingerprint density at radius 1 is 1.33 bits per heavy atom. The highest BCUT2D eigenvalue weighted by atomic mass is 79.9. The first-order chi connectivity index (χ1) is 9.88. The molecule has 0 spiro atoms. The van der Waals surface area contributed by atoms with Crippen molar-refractivity contribution in [1.82, 2.24) is 5.32 Å². The van der Waals surface area contributed by atoms with Crippen molar-refractivity contribution in [3.63, 3.8) is 0 Å². The first-order valence-electron chi connectivity index (χ1n) is 7.33. The molecule has 2 atom stereocenters. The number of ether oxygens (including phenoxy) is 1. The van der Waals surface area contributed by atoms with Crippen LogP contribution in [0.4, 0.5) is 0 Å². The molecule has 1 amide bonds. The lowest BCUT2D eigenvalue weighted by molar-refractivity contribution is -0.128. The van der Waals surface area contributed by atoms with Gasteiger partial charge >= 0.3 is 0 Å². The number of aliphatic hydroxyl groups excluding tert-OH is 1. The van der Waals surface area contributed by atoms with Gasteiger partial charge in [0.1, 0.15) is 5.75 Å². The van der Waals surface area contributed by atoms with Crippen LogP contribution in [-0.2, 0) is 4.79 Å². The van der Waals surface area contributed by atoms with Crippen molar-refractivity contribution in [3.8, 4) is 5.75 Å². The molecule has 0 heterocycles. The molecule has 0 saturated carbocycles. The van der Waals surface area contributed by atoms with E-state index in [1.807, 2.05) is 19.9 Å². The van der Waals surface area contributed by atoms with Crippen LogP contribution in [0.15, 0.2) is 22.7 Å². The van der Waals surface area contributed by atoms with E-state index in [-0.39, 0.29) is 11.9 Å². The monoisotopic (exact) mass is 357 g/mol. The van der Waals surface area contributed by atoms with Gasteiger partial charge < -0.3 is 15.2 Å². The minimum Gasteiger partial charge on any atom is -0.481 e. The molecule has 0 fully saturated rings. The van der Waals surface area contributed by atoms with E-state index in [2.05, 4.69) is 21.2 Å². The number of hydrogen-bond donors (Lipinski definition) is 2. The minimum atomic E-state index is -0.660. The maximum absolute atomic E-state index is 12.1.